The van der Waals surface area contributed by atoms with E-state index in [4.69, 9.17) is 0 Å². The molecule has 0 saturated carbocycles. The number of hydrogen-bond donors (Lipinski definition) is 2. The van der Waals surface area contributed by atoms with Crippen LogP contribution in [0.1, 0.15) is 29.8 Å². The number of benzene rings is 1. The molecule has 0 bridgehead atoms. The molecule has 2 aromatic heterocycles. The maximum absolute atomic E-state index is 12.5. The van der Waals surface area contributed by atoms with Gasteiger partial charge in [-0.25, -0.2) is 4.98 Å². The quantitative estimate of drug-likeness (QED) is 0.700. The maximum Gasteiger partial charge on any atom is 0.434 e. The second kappa shape index (κ2) is 6.36. The summed E-state index contributed by atoms with van der Waals surface area (Å²) >= 11 is 1.83. The van der Waals surface area contributed by atoms with Gasteiger partial charge in [-0.3, -0.25) is 0 Å². The number of nitrogens with zero attached hydrogens (tertiary/aromatic N) is 3. The summed E-state index contributed by atoms with van der Waals surface area (Å²) < 4.78 is 45.4. The van der Waals surface area contributed by atoms with E-state index in [-0.39, 0.29) is 16.9 Å². The highest BCUT2D eigenvalue weighted by molar-refractivity contribution is 7.13. The molecular weight excluding hydrogens is 361 g/mol. The SMILES string of the molecule is C[C@H](c1ccc(Nc2nc(C(F)(F)F)cs2)cc1)c1nsnc1O. The van der Waals surface area contributed by atoms with E-state index in [9.17, 15) is 18.3 Å². The van der Waals surface area contributed by atoms with Crippen molar-refractivity contribution >= 4 is 33.9 Å². The highest BCUT2D eigenvalue weighted by atomic mass is 32.1. The lowest BCUT2D eigenvalue weighted by Crippen LogP contribution is -2.05. The average Bonchev–Trinajstić information content (AvgIpc) is 3.16. The van der Waals surface area contributed by atoms with Crippen molar-refractivity contribution in [3.8, 4) is 5.88 Å². The minimum absolute atomic E-state index is 0.0860. The Morgan fingerprint density at radius 1 is 1.17 bits per heavy atom. The van der Waals surface area contributed by atoms with Crippen LogP contribution in [0.3, 0.4) is 0 Å². The standard InChI is InChI=1S/C14H11F3N4OS2/c1-7(11-12(22)21-24-20-11)8-2-4-9(5-3-8)18-13-19-10(6-23-13)14(15,16)17/h2-7H,1H3,(H,18,19)(H,21,22)/t7-/m1/s1. The zero-order valence-electron chi connectivity index (χ0n) is 12.2. The predicted molar refractivity (Wildman–Crippen MR) is 85.9 cm³/mol. The molecule has 3 aromatic rings. The van der Waals surface area contributed by atoms with Crippen molar-refractivity contribution in [1.29, 1.82) is 0 Å². The molecule has 0 unspecified atom stereocenters. The fraction of sp³-hybridized carbons (Fsp3) is 0.214. The van der Waals surface area contributed by atoms with Crippen molar-refractivity contribution in [3.63, 3.8) is 0 Å². The van der Waals surface area contributed by atoms with Gasteiger partial charge in [-0.15, -0.1) is 15.7 Å². The highest BCUT2D eigenvalue weighted by Gasteiger charge is 2.33. The first kappa shape index (κ1) is 16.7. The topological polar surface area (TPSA) is 70.9 Å². The Labute approximate surface area is 143 Å². The van der Waals surface area contributed by atoms with Crippen molar-refractivity contribution in [3.05, 3.63) is 46.6 Å². The van der Waals surface area contributed by atoms with E-state index >= 15 is 0 Å². The van der Waals surface area contributed by atoms with E-state index in [1.54, 1.807) is 12.1 Å². The van der Waals surface area contributed by atoms with Gasteiger partial charge in [0.2, 0.25) is 5.88 Å². The lowest BCUT2D eigenvalue weighted by molar-refractivity contribution is -0.140. The smallest absolute Gasteiger partial charge is 0.434 e. The first-order valence-electron chi connectivity index (χ1n) is 6.75. The molecule has 0 spiro atoms. The van der Waals surface area contributed by atoms with E-state index in [2.05, 4.69) is 19.0 Å². The van der Waals surface area contributed by atoms with Crippen molar-refractivity contribution in [2.24, 2.45) is 0 Å². The zero-order chi connectivity index (χ0) is 17.3. The van der Waals surface area contributed by atoms with Gasteiger partial charge in [-0.1, -0.05) is 19.1 Å². The molecule has 0 fully saturated rings. The molecule has 0 amide bonds. The van der Waals surface area contributed by atoms with Crippen LogP contribution in [-0.2, 0) is 6.18 Å². The Balaban J connectivity index is 1.73. The van der Waals surface area contributed by atoms with Crippen LogP contribution in [0.2, 0.25) is 0 Å². The number of alkyl halides is 3. The molecule has 24 heavy (non-hydrogen) atoms. The largest absolute Gasteiger partial charge is 0.491 e. The highest BCUT2D eigenvalue weighted by Crippen LogP contribution is 2.33. The Bertz CT molecular complexity index is 829. The van der Waals surface area contributed by atoms with Crippen molar-refractivity contribution in [1.82, 2.24) is 13.7 Å². The van der Waals surface area contributed by atoms with Gasteiger partial charge in [-0.2, -0.15) is 17.5 Å². The summed E-state index contributed by atoms with van der Waals surface area (Å²) in [6.07, 6.45) is -4.45. The number of aromatic hydroxyl groups is 1. The van der Waals surface area contributed by atoms with Gasteiger partial charge in [0.1, 0.15) is 5.69 Å². The first-order valence-corrected chi connectivity index (χ1v) is 8.36. The summed E-state index contributed by atoms with van der Waals surface area (Å²) in [4.78, 5) is 3.52. The molecule has 3 rings (SSSR count). The molecule has 2 heterocycles. The first-order chi connectivity index (χ1) is 11.3. The molecule has 1 aromatic carbocycles. The van der Waals surface area contributed by atoms with E-state index in [0.717, 1.165) is 34.0 Å². The second-order valence-corrected chi connectivity index (χ2v) is 6.36. The number of thiazole rings is 1. The van der Waals surface area contributed by atoms with Crippen LogP contribution in [0, 0.1) is 0 Å². The predicted octanol–water partition coefficient (Wildman–Crippen LogP) is 4.61. The van der Waals surface area contributed by atoms with E-state index in [0.29, 0.717) is 11.4 Å². The lowest BCUT2D eigenvalue weighted by Gasteiger charge is -2.10. The van der Waals surface area contributed by atoms with Gasteiger partial charge in [0, 0.05) is 17.0 Å². The number of anilines is 2. The average molecular weight is 372 g/mol. The summed E-state index contributed by atoms with van der Waals surface area (Å²) in [5.74, 6) is -0.230. The summed E-state index contributed by atoms with van der Waals surface area (Å²) in [6.45, 7) is 1.88. The number of rotatable bonds is 4. The number of nitrogens with one attached hydrogen (secondary N) is 1. The Kier molecular flexibility index (Phi) is 4.41. The molecule has 0 saturated heterocycles. The minimum atomic E-state index is -4.45. The van der Waals surface area contributed by atoms with Crippen LogP contribution in [0.15, 0.2) is 29.6 Å². The van der Waals surface area contributed by atoms with E-state index in [1.807, 2.05) is 19.1 Å². The lowest BCUT2D eigenvalue weighted by atomic mass is 9.98. The summed E-state index contributed by atoms with van der Waals surface area (Å²) in [6, 6.07) is 7.09. The van der Waals surface area contributed by atoms with Gasteiger partial charge >= 0.3 is 6.18 Å². The third-order valence-corrected chi connectivity index (χ3v) is 4.65. The van der Waals surface area contributed by atoms with Gasteiger partial charge < -0.3 is 10.4 Å². The third-order valence-electron chi connectivity index (χ3n) is 3.36. The van der Waals surface area contributed by atoms with E-state index in [1.165, 1.54) is 0 Å². The van der Waals surface area contributed by atoms with Crippen molar-refractivity contribution in [2.45, 2.75) is 19.0 Å². The van der Waals surface area contributed by atoms with Crippen LogP contribution in [0.4, 0.5) is 24.0 Å². The van der Waals surface area contributed by atoms with Crippen molar-refractivity contribution < 1.29 is 18.3 Å². The normalized spacial score (nSPS) is 13.0. The Hall–Kier alpha value is -2.20. The molecular formula is C14H11F3N4OS2. The number of aromatic nitrogens is 3. The van der Waals surface area contributed by atoms with E-state index < -0.39 is 11.9 Å². The van der Waals surface area contributed by atoms with Crippen LogP contribution in [-0.4, -0.2) is 18.8 Å². The fourth-order valence-electron chi connectivity index (χ4n) is 2.06. The zero-order valence-corrected chi connectivity index (χ0v) is 13.8. The van der Waals surface area contributed by atoms with Gasteiger partial charge in [0.25, 0.3) is 0 Å². The van der Waals surface area contributed by atoms with Crippen LogP contribution in [0.25, 0.3) is 0 Å². The summed E-state index contributed by atoms with van der Waals surface area (Å²) in [7, 11) is 0. The Morgan fingerprint density at radius 2 is 1.88 bits per heavy atom. The number of halogens is 3. The molecule has 0 aliphatic rings. The fourth-order valence-corrected chi connectivity index (χ4v) is 3.34. The minimum Gasteiger partial charge on any atom is -0.491 e. The molecule has 0 aliphatic carbocycles. The second-order valence-electron chi connectivity index (χ2n) is 4.98. The van der Waals surface area contributed by atoms with Crippen LogP contribution < -0.4 is 5.32 Å². The third kappa shape index (κ3) is 3.49. The number of hydrogen-bond acceptors (Lipinski definition) is 7. The van der Waals surface area contributed by atoms with Gasteiger partial charge in [0.05, 0.1) is 11.7 Å². The molecule has 0 aliphatic heterocycles. The van der Waals surface area contributed by atoms with Crippen LogP contribution in [0.5, 0.6) is 5.88 Å². The molecule has 2 N–H and O–H groups in total. The molecule has 126 valence electrons. The molecule has 0 radical (unpaired) electrons. The maximum atomic E-state index is 12.5. The van der Waals surface area contributed by atoms with Gasteiger partial charge in [0.15, 0.2) is 10.8 Å². The molecule has 10 heteroatoms. The molecule has 1 atom stereocenters. The summed E-state index contributed by atoms with van der Waals surface area (Å²) in [5, 5.41) is 13.6. The monoisotopic (exact) mass is 372 g/mol. The molecule has 5 nitrogen and oxygen atoms in total. The van der Waals surface area contributed by atoms with Crippen molar-refractivity contribution in [2.75, 3.05) is 5.32 Å². The summed E-state index contributed by atoms with van der Waals surface area (Å²) in [5.41, 5.74) is 1.11. The Morgan fingerprint density at radius 3 is 2.42 bits per heavy atom. The van der Waals surface area contributed by atoms with Gasteiger partial charge in [-0.05, 0) is 17.7 Å². The van der Waals surface area contributed by atoms with Crippen LogP contribution >= 0.6 is 23.1 Å².